The highest BCUT2D eigenvalue weighted by atomic mass is 16.2. The van der Waals surface area contributed by atoms with Gasteiger partial charge >= 0.3 is 0 Å². The third kappa shape index (κ3) is 2.89. The number of hydrogen-bond donors (Lipinski definition) is 0. The van der Waals surface area contributed by atoms with Crippen LogP contribution in [0.5, 0.6) is 0 Å². The molecule has 1 amide bonds. The number of nitrogens with zero attached hydrogens (tertiary/aromatic N) is 2. The number of rotatable bonds is 3. The van der Waals surface area contributed by atoms with Gasteiger partial charge in [0.1, 0.15) is 0 Å². The number of carbonyl (C=O) groups excluding carboxylic acids is 1. The van der Waals surface area contributed by atoms with Crippen LogP contribution in [0.4, 0.5) is 0 Å². The molecule has 0 aromatic heterocycles. The topological polar surface area (TPSA) is 23.6 Å². The van der Waals surface area contributed by atoms with Crippen molar-refractivity contribution in [3.8, 4) is 0 Å². The van der Waals surface area contributed by atoms with Gasteiger partial charge in [-0.25, -0.2) is 0 Å². The Balaban J connectivity index is 1.25. The molecular formula is C23H32N2O. The molecule has 1 aromatic carbocycles. The first-order chi connectivity index (χ1) is 12.6. The van der Waals surface area contributed by atoms with Crippen LogP contribution in [0.2, 0.25) is 0 Å². The van der Waals surface area contributed by atoms with E-state index in [9.17, 15) is 4.79 Å². The minimum atomic E-state index is 0.0239. The van der Waals surface area contributed by atoms with Crippen molar-refractivity contribution in [3.63, 3.8) is 0 Å². The lowest BCUT2D eigenvalue weighted by atomic mass is 9.49. The molecular weight excluding hydrogens is 320 g/mol. The summed E-state index contributed by atoms with van der Waals surface area (Å²) in [5.74, 6) is 3.06. The van der Waals surface area contributed by atoms with Crippen LogP contribution < -0.4 is 0 Å². The molecule has 140 valence electrons. The Kier molecular flexibility index (Phi) is 4.11. The normalized spacial score (nSPS) is 39.3. The Hall–Kier alpha value is -1.35. The Morgan fingerprint density at radius 2 is 1.62 bits per heavy atom. The molecule has 1 aliphatic heterocycles. The quantitative estimate of drug-likeness (QED) is 0.823. The van der Waals surface area contributed by atoms with Gasteiger partial charge in [-0.1, -0.05) is 30.3 Å². The third-order valence-corrected chi connectivity index (χ3v) is 7.77. The lowest BCUT2D eigenvalue weighted by Crippen LogP contribution is -2.59. The number of hydrogen-bond acceptors (Lipinski definition) is 2. The summed E-state index contributed by atoms with van der Waals surface area (Å²) >= 11 is 0. The van der Waals surface area contributed by atoms with Gasteiger partial charge in [0.15, 0.2) is 0 Å². The van der Waals surface area contributed by atoms with Crippen LogP contribution in [0.25, 0.3) is 0 Å². The fraction of sp³-hybridized carbons (Fsp3) is 0.696. The van der Waals surface area contributed by atoms with Crippen LogP contribution >= 0.6 is 0 Å². The van der Waals surface area contributed by atoms with E-state index in [-0.39, 0.29) is 5.41 Å². The van der Waals surface area contributed by atoms with Crippen LogP contribution in [0.1, 0.15) is 51.0 Å². The second-order valence-corrected chi connectivity index (χ2v) is 9.75. The smallest absolute Gasteiger partial charge is 0.228 e. The Labute approximate surface area is 157 Å². The zero-order valence-electron chi connectivity index (χ0n) is 16.1. The molecule has 4 bridgehead atoms. The summed E-state index contributed by atoms with van der Waals surface area (Å²) in [5, 5.41) is 0. The molecule has 0 unspecified atom stereocenters. The minimum Gasteiger partial charge on any atom is -0.339 e. The van der Waals surface area contributed by atoms with Crippen LogP contribution in [0, 0.1) is 23.2 Å². The highest BCUT2D eigenvalue weighted by Crippen LogP contribution is 2.60. The van der Waals surface area contributed by atoms with E-state index in [1.165, 1.54) is 44.1 Å². The number of piperazine rings is 1. The van der Waals surface area contributed by atoms with E-state index >= 15 is 0 Å². The molecule has 1 atom stereocenters. The van der Waals surface area contributed by atoms with Crippen LogP contribution in [0.15, 0.2) is 30.3 Å². The van der Waals surface area contributed by atoms with E-state index in [2.05, 4.69) is 47.1 Å². The summed E-state index contributed by atoms with van der Waals surface area (Å²) in [6.07, 6.45) is 7.80. The minimum absolute atomic E-state index is 0.0239. The molecule has 3 heteroatoms. The molecule has 0 spiro atoms. The fourth-order valence-electron chi connectivity index (χ4n) is 6.94. The van der Waals surface area contributed by atoms with E-state index in [1.54, 1.807) is 0 Å². The summed E-state index contributed by atoms with van der Waals surface area (Å²) in [5.41, 5.74) is 1.40. The zero-order chi connectivity index (χ0) is 17.7. The van der Waals surface area contributed by atoms with Crippen LogP contribution in [0.3, 0.4) is 0 Å². The average molecular weight is 353 g/mol. The van der Waals surface area contributed by atoms with Gasteiger partial charge in [0.25, 0.3) is 0 Å². The van der Waals surface area contributed by atoms with Gasteiger partial charge in [0.05, 0.1) is 5.41 Å². The van der Waals surface area contributed by atoms with Gasteiger partial charge in [-0.2, -0.15) is 0 Å². The molecule has 1 heterocycles. The second-order valence-electron chi connectivity index (χ2n) is 9.75. The summed E-state index contributed by atoms with van der Waals surface area (Å²) in [6.45, 7) is 6.13. The largest absolute Gasteiger partial charge is 0.339 e. The maximum Gasteiger partial charge on any atom is 0.228 e. The molecule has 1 aromatic rings. The molecule has 0 N–H and O–H groups in total. The maximum atomic E-state index is 13.6. The van der Waals surface area contributed by atoms with Gasteiger partial charge in [0.2, 0.25) is 5.91 Å². The second kappa shape index (κ2) is 6.37. The molecule has 3 nitrogen and oxygen atoms in total. The SMILES string of the molecule is C[C@@H]1CN(C(=O)C23CC4CC(CC(C4)C2)C3)CCN1Cc1ccccc1. The fourth-order valence-corrected chi connectivity index (χ4v) is 6.94. The lowest BCUT2D eigenvalue weighted by Gasteiger charge is -2.57. The van der Waals surface area contributed by atoms with Crippen molar-refractivity contribution in [2.75, 3.05) is 19.6 Å². The zero-order valence-corrected chi connectivity index (χ0v) is 16.1. The van der Waals surface area contributed by atoms with E-state index in [1.807, 2.05) is 0 Å². The van der Waals surface area contributed by atoms with Gasteiger partial charge in [0, 0.05) is 32.2 Å². The average Bonchev–Trinajstić information content (AvgIpc) is 2.62. The summed E-state index contributed by atoms with van der Waals surface area (Å²) in [4.78, 5) is 18.3. The standard InChI is InChI=1S/C23H32N2O/c1-17-15-25(8-7-24(17)16-18-5-3-2-4-6-18)22(26)23-12-19-9-20(13-23)11-21(10-19)14-23/h2-6,17,19-21H,7-16H2,1H3/t17-,19?,20?,21?,23?/m1/s1. The first-order valence-corrected chi connectivity index (χ1v) is 10.7. The predicted molar refractivity (Wildman–Crippen MR) is 103 cm³/mol. The Morgan fingerprint density at radius 3 is 2.19 bits per heavy atom. The molecule has 26 heavy (non-hydrogen) atoms. The molecule has 1 saturated heterocycles. The molecule has 4 saturated carbocycles. The van der Waals surface area contributed by atoms with Gasteiger partial charge < -0.3 is 4.90 Å². The van der Waals surface area contributed by atoms with Crippen molar-refractivity contribution < 1.29 is 4.79 Å². The third-order valence-electron chi connectivity index (χ3n) is 7.77. The molecule has 5 aliphatic rings. The lowest BCUT2D eigenvalue weighted by molar-refractivity contribution is -0.160. The highest BCUT2D eigenvalue weighted by Gasteiger charge is 2.55. The molecule has 0 radical (unpaired) electrons. The Morgan fingerprint density at radius 1 is 1.00 bits per heavy atom. The number of carbonyl (C=O) groups is 1. The van der Waals surface area contributed by atoms with Crippen molar-refractivity contribution in [1.82, 2.24) is 9.80 Å². The number of amides is 1. The predicted octanol–water partition coefficient (Wildman–Crippen LogP) is 3.94. The van der Waals surface area contributed by atoms with Gasteiger partial charge in [-0.05, 0) is 68.8 Å². The molecule has 6 rings (SSSR count). The van der Waals surface area contributed by atoms with Crippen molar-refractivity contribution in [2.24, 2.45) is 23.2 Å². The summed E-state index contributed by atoms with van der Waals surface area (Å²) in [6, 6.07) is 11.2. The summed E-state index contributed by atoms with van der Waals surface area (Å²) in [7, 11) is 0. The van der Waals surface area contributed by atoms with Crippen LogP contribution in [-0.2, 0) is 11.3 Å². The Bertz CT molecular complexity index is 635. The van der Waals surface area contributed by atoms with E-state index in [0.29, 0.717) is 11.9 Å². The van der Waals surface area contributed by atoms with Crippen molar-refractivity contribution in [3.05, 3.63) is 35.9 Å². The van der Waals surface area contributed by atoms with Crippen LogP contribution in [-0.4, -0.2) is 41.4 Å². The molecule has 4 aliphatic carbocycles. The first-order valence-electron chi connectivity index (χ1n) is 10.7. The monoisotopic (exact) mass is 352 g/mol. The maximum absolute atomic E-state index is 13.6. The van der Waals surface area contributed by atoms with Crippen molar-refractivity contribution in [2.45, 2.75) is 58.0 Å². The van der Waals surface area contributed by atoms with Crippen molar-refractivity contribution in [1.29, 1.82) is 0 Å². The van der Waals surface area contributed by atoms with E-state index in [0.717, 1.165) is 43.9 Å². The van der Waals surface area contributed by atoms with Crippen molar-refractivity contribution >= 4 is 5.91 Å². The van der Waals surface area contributed by atoms with Gasteiger partial charge in [-0.15, -0.1) is 0 Å². The highest BCUT2D eigenvalue weighted by molar-refractivity contribution is 5.83. The molecule has 5 fully saturated rings. The van der Waals surface area contributed by atoms with E-state index in [4.69, 9.17) is 0 Å². The van der Waals surface area contributed by atoms with Gasteiger partial charge in [-0.3, -0.25) is 9.69 Å². The first kappa shape index (κ1) is 16.8. The number of benzene rings is 1. The summed E-state index contributed by atoms with van der Waals surface area (Å²) < 4.78 is 0. The van der Waals surface area contributed by atoms with E-state index < -0.39 is 0 Å².